The highest BCUT2D eigenvalue weighted by Crippen LogP contribution is 1.89. The lowest BCUT2D eigenvalue weighted by atomic mass is 10.2. The fraction of sp³-hybridized carbons (Fsp3) is 0.714. The molecule has 0 bridgehead atoms. The fourth-order valence-corrected chi connectivity index (χ4v) is 0.572. The second kappa shape index (κ2) is 6.44. The molecule has 0 aliphatic heterocycles. The molecule has 2 unspecified atom stereocenters. The van der Waals surface area contributed by atoms with Crippen LogP contribution in [0.25, 0.3) is 0 Å². The van der Waals surface area contributed by atoms with Gasteiger partial charge in [0, 0.05) is 6.54 Å². The van der Waals surface area contributed by atoms with Crippen LogP contribution in [0.1, 0.15) is 0 Å². The summed E-state index contributed by atoms with van der Waals surface area (Å²) in [4.78, 5) is 11.0. The maximum absolute atomic E-state index is 11.0. The predicted molar refractivity (Wildman–Crippen MR) is 48.8 cm³/mol. The van der Waals surface area contributed by atoms with Gasteiger partial charge < -0.3 is 26.4 Å². The number of aliphatic hydroxyl groups is 2. The summed E-state index contributed by atoms with van der Waals surface area (Å²) in [5.41, 5.74) is 9.98. The second-order valence-electron chi connectivity index (χ2n) is 2.69. The van der Waals surface area contributed by atoms with Gasteiger partial charge >= 0.3 is 5.97 Å². The monoisotopic (exact) mass is 205 g/mol. The Morgan fingerprint density at radius 1 is 1.57 bits per heavy atom. The van der Waals surface area contributed by atoms with E-state index in [-0.39, 0.29) is 13.2 Å². The maximum atomic E-state index is 11.0. The topological polar surface area (TPSA) is 143 Å². The number of hydrogen-bond donors (Lipinski definition) is 5. The number of hydrogen-bond acceptors (Lipinski definition) is 7. The highest BCUT2D eigenvalue weighted by atomic mass is 16.5. The normalized spacial score (nSPS) is 14.6. The first-order chi connectivity index (χ1) is 6.52. The van der Waals surface area contributed by atoms with E-state index in [1.807, 2.05) is 0 Å². The summed E-state index contributed by atoms with van der Waals surface area (Å²) in [5.74, 6) is -0.935. The first kappa shape index (κ1) is 13.0. The molecule has 7 nitrogen and oxygen atoms in total. The number of carbonyl (C=O) groups excluding carboxylic acids is 1. The zero-order valence-electron chi connectivity index (χ0n) is 7.64. The zero-order chi connectivity index (χ0) is 11.1. The Bertz CT molecular complexity index is 209. The Kier molecular flexibility index (Phi) is 5.97. The molecule has 0 aromatic rings. The Labute approximate surface area is 81.2 Å². The van der Waals surface area contributed by atoms with Crippen LogP contribution in [0.2, 0.25) is 0 Å². The van der Waals surface area contributed by atoms with E-state index in [0.717, 1.165) is 0 Å². The number of rotatable bonds is 6. The van der Waals surface area contributed by atoms with Crippen LogP contribution in [0, 0.1) is 5.41 Å². The highest BCUT2D eigenvalue weighted by Gasteiger charge is 2.18. The summed E-state index contributed by atoms with van der Waals surface area (Å²) in [6.45, 7) is -0.908. The van der Waals surface area contributed by atoms with Gasteiger partial charge in [-0.1, -0.05) is 0 Å². The largest absolute Gasteiger partial charge is 0.458 e. The minimum Gasteiger partial charge on any atom is -0.458 e. The molecule has 2 atom stereocenters. The molecule has 0 radical (unpaired) electrons. The Balaban J connectivity index is 3.90. The van der Waals surface area contributed by atoms with Crippen LogP contribution in [0.3, 0.4) is 0 Å². The maximum Gasteiger partial charge on any atom is 0.353 e. The molecule has 0 amide bonds. The van der Waals surface area contributed by atoms with Crippen LogP contribution in [-0.2, 0) is 9.53 Å². The summed E-state index contributed by atoms with van der Waals surface area (Å²) < 4.78 is 4.47. The molecule has 0 rings (SSSR count). The third kappa shape index (κ3) is 4.28. The van der Waals surface area contributed by atoms with Gasteiger partial charge in [-0.05, 0) is 0 Å². The quantitative estimate of drug-likeness (QED) is 0.234. The van der Waals surface area contributed by atoms with Gasteiger partial charge in [-0.15, -0.1) is 0 Å². The van der Waals surface area contributed by atoms with E-state index in [0.29, 0.717) is 0 Å². The van der Waals surface area contributed by atoms with Crippen LogP contribution in [-0.4, -0.2) is 53.8 Å². The number of carbonyl (C=O) groups is 1. The first-order valence-electron chi connectivity index (χ1n) is 4.03. The summed E-state index contributed by atoms with van der Waals surface area (Å²) in [7, 11) is 0. The highest BCUT2D eigenvalue weighted by molar-refractivity contribution is 6.37. The summed E-state index contributed by atoms with van der Waals surface area (Å²) in [6.07, 6.45) is -1.14. The summed E-state index contributed by atoms with van der Waals surface area (Å²) in [5, 5.41) is 24.4. The van der Waals surface area contributed by atoms with Gasteiger partial charge in [0.05, 0.1) is 12.6 Å². The van der Waals surface area contributed by atoms with E-state index < -0.39 is 30.4 Å². The van der Waals surface area contributed by atoms with Gasteiger partial charge in [-0.2, -0.15) is 0 Å². The molecule has 0 aromatic carbocycles. The summed E-state index contributed by atoms with van der Waals surface area (Å²) >= 11 is 0. The average molecular weight is 205 g/mol. The van der Waals surface area contributed by atoms with Crippen LogP contribution in [0.15, 0.2) is 0 Å². The number of nitrogens with one attached hydrogen (secondary N) is 1. The summed E-state index contributed by atoms with van der Waals surface area (Å²) in [6, 6.07) is -0.867. The molecule has 14 heavy (non-hydrogen) atoms. The SMILES string of the molecule is N=C(C(=O)OCC(O)CO)C(N)CN. The molecule has 0 saturated heterocycles. The van der Waals surface area contributed by atoms with Gasteiger partial charge in [0.15, 0.2) is 0 Å². The van der Waals surface area contributed by atoms with E-state index >= 15 is 0 Å². The Morgan fingerprint density at radius 3 is 2.57 bits per heavy atom. The fourth-order valence-electron chi connectivity index (χ4n) is 0.572. The van der Waals surface area contributed by atoms with Crippen molar-refractivity contribution in [2.24, 2.45) is 11.5 Å². The van der Waals surface area contributed by atoms with Crippen LogP contribution < -0.4 is 11.5 Å². The lowest BCUT2D eigenvalue weighted by Crippen LogP contribution is -2.42. The van der Waals surface area contributed by atoms with Crippen molar-refractivity contribution < 1.29 is 19.7 Å². The molecule has 0 aromatic heterocycles. The first-order valence-corrected chi connectivity index (χ1v) is 4.03. The minimum absolute atomic E-state index is 0.0313. The van der Waals surface area contributed by atoms with Crippen LogP contribution in [0.4, 0.5) is 0 Å². The minimum atomic E-state index is -1.14. The molecular formula is C7H15N3O4. The molecule has 7 N–H and O–H groups in total. The third-order valence-electron chi connectivity index (χ3n) is 1.46. The van der Waals surface area contributed by atoms with E-state index in [2.05, 4.69) is 4.74 Å². The number of aliphatic hydroxyl groups excluding tert-OH is 2. The molecule has 0 aliphatic carbocycles. The van der Waals surface area contributed by atoms with E-state index in [1.54, 1.807) is 0 Å². The third-order valence-corrected chi connectivity index (χ3v) is 1.46. The molecule has 0 saturated carbocycles. The lowest BCUT2D eigenvalue weighted by molar-refractivity contribution is -0.139. The van der Waals surface area contributed by atoms with Crippen LogP contribution in [0.5, 0.6) is 0 Å². The Hall–Kier alpha value is -1.02. The van der Waals surface area contributed by atoms with Gasteiger partial charge in [-0.3, -0.25) is 5.41 Å². The van der Waals surface area contributed by atoms with Crippen molar-refractivity contribution in [3.63, 3.8) is 0 Å². The number of ether oxygens (including phenoxy) is 1. The van der Waals surface area contributed by atoms with Crippen molar-refractivity contribution in [1.29, 1.82) is 5.41 Å². The predicted octanol–water partition coefficient (Wildman–Crippen LogP) is -2.81. The van der Waals surface area contributed by atoms with Crippen molar-refractivity contribution in [3.05, 3.63) is 0 Å². The number of esters is 1. The van der Waals surface area contributed by atoms with Crippen molar-refractivity contribution in [3.8, 4) is 0 Å². The van der Waals surface area contributed by atoms with E-state index in [9.17, 15) is 4.79 Å². The van der Waals surface area contributed by atoms with E-state index in [1.165, 1.54) is 0 Å². The molecule has 0 spiro atoms. The molecular weight excluding hydrogens is 190 g/mol. The standard InChI is InChI=1S/C7H15N3O4/c8-1-5(9)6(10)7(13)14-3-4(12)2-11/h4-5,10-12H,1-3,8-9H2. The van der Waals surface area contributed by atoms with Gasteiger partial charge in [0.25, 0.3) is 0 Å². The smallest absolute Gasteiger partial charge is 0.353 e. The van der Waals surface area contributed by atoms with Crippen molar-refractivity contribution in [2.75, 3.05) is 19.8 Å². The molecule has 0 fully saturated rings. The van der Waals surface area contributed by atoms with Gasteiger partial charge in [0.1, 0.15) is 18.4 Å². The molecule has 0 aliphatic rings. The van der Waals surface area contributed by atoms with E-state index in [4.69, 9.17) is 27.1 Å². The lowest BCUT2D eigenvalue weighted by Gasteiger charge is -2.11. The van der Waals surface area contributed by atoms with Gasteiger partial charge in [-0.25, -0.2) is 4.79 Å². The van der Waals surface area contributed by atoms with Gasteiger partial charge in [0.2, 0.25) is 0 Å². The number of nitrogens with two attached hydrogens (primary N) is 2. The van der Waals surface area contributed by atoms with Crippen molar-refractivity contribution in [2.45, 2.75) is 12.1 Å². The molecule has 0 heterocycles. The Morgan fingerprint density at radius 2 is 2.14 bits per heavy atom. The second-order valence-corrected chi connectivity index (χ2v) is 2.69. The zero-order valence-corrected chi connectivity index (χ0v) is 7.64. The van der Waals surface area contributed by atoms with Crippen molar-refractivity contribution >= 4 is 11.7 Å². The average Bonchev–Trinajstić information content (AvgIpc) is 2.22. The molecule has 82 valence electrons. The van der Waals surface area contributed by atoms with Crippen molar-refractivity contribution in [1.82, 2.24) is 0 Å². The van der Waals surface area contributed by atoms with Crippen LogP contribution >= 0.6 is 0 Å². The molecule has 7 heteroatoms.